The molecule has 2 aliphatic rings. The summed E-state index contributed by atoms with van der Waals surface area (Å²) in [4.78, 5) is 39.5. The van der Waals surface area contributed by atoms with Crippen LogP contribution in [0.4, 0.5) is 0 Å². The Labute approximate surface area is 165 Å². The van der Waals surface area contributed by atoms with Crippen molar-refractivity contribution in [1.82, 2.24) is 24.7 Å². The number of aromatic nitrogens is 2. The van der Waals surface area contributed by atoms with Crippen molar-refractivity contribution in [1.29, 1.82) is 0 Å². The van der Waals surface area contributed by atoms with E-state index in [2.05, 4.69) is 14.9 Å². The van der Waals surface area contributed by atoms with E-state index < -0.39 is 0 Å². The fraction of sp³-hybridized carbons (Fsp3) is 0.429. The molecule has 7 heteroatoms. The Morgan fingerprint density at radius 3 is 2.61 bits per heavy atom. The van der Waals surface area contributed by atoms with Gasteiger partial charge < -0.3 is 9.80 Å². The van der Waals surface area contributed by atoms with Crippen molar-refractivity contribution in [2.24, 2.45) is 0 Å². The highest BCUT2D eigenvalue weighted by Crippen LogP contribution is 2.23. The Hall–Kier alpha value is -2.80. The summed E-state index contributed by atoms with van der Waals surface area (Å²) in [5, 5.41) is 0. The van der Waals surface area contributed by atoms with Crippen molar-refractivity contribution in [3.05, 3.63) is 47.9 Å². The average Bonchev–Trinajstić information content (AvgIpc) is 3.20. The number of hydrogen-bond acceptors (Lipinski definition) is 5. The van der Waals surface area contributed by atoms with Gasteiger partial charge >= 0.3 is 0 Å². The van der Waals surface area contributed by atoms with E-state index >= 15 is 0 Å². The van der Waals surface area contributed by atoms with Crippen LogP contribution in [0.5, 0.6) is 0 Å². The topological polar surface area (TPSA) is 69.6 Å². The quantitative estimate of drug-likeness (QED) is 0.813. The molecule has 2 aliphatic heterocycles. The third-order valence-electron chi connectivity index (χ3n) is 5.56. The van der Waals surface area contributed by atoms with Crippen molar-refractivity contribution in [3.63, 3.8) is 0 Å². The first-order valence-electron chi connectivity index (χ1n) is 9.70. The summed E-state index contributed by atoms with van der Waals surface area (Å²) in [6.45, 7) is 3.74. The Balaban J connectivity index is 1.49. The van der Waals surface area contributed by atoms with E-state index in [1.807, 2.05) is 29.2 Å². The maximum absolute atomic E-state index is 12.9. The van der Waals surface area contributed by atoms with Crippen LogP contribution >= 0.6 is 0 Å². The molecule has 0 spiro atoms. The normalized spacial score (nSPS) is 19.4. The monoisotopic (exact) mass is 379 g/mol. The number of carbonyl (C=O) groups excluding carboxylic acids is 2. The molecule has 0 bridgehead atoms. The molecule has 1 aromatic carbocycles. The third kappa shape index (κ3) is 3.62. The van der Waals surface area contributed by atoms with E-state index in [1.165, 1.54) is 23.9 Å². The lowest BCUT2D eigenvalue weighted by molar-refractivity contribution is 0.0571. The second-order valence-electron chi connectivity index (χ2n) is 7.65. The third-order valence-corrected chi connectivity index (χ3v) is 5.56. The van der Waals surface area contributed by atoms with Gasteiger partial charge in [0.1, 0.15) is 5.69 Å². The standard InChI is InChI=1S/C21H25N5O2/c1-24(2)21(28)19-13-22-12-18(23-19)15-5-7-16(8-6-15)20(27)26-11-10-25-9-3-4-17(25)14-26/h5-8,12-13,17H,3-4,9-11,14H2,1-2H3. The molecule has 0 N–H and O–H groups in total. The van der Waals surface area contributed by atoms with Gasteiger partial charge in [-0.1, -0.05) is 12.1 Å². The van der Waals surface area contributed by atoms with Gasteiger partial charge in [0.2, 0.25) is 0 Å². The molecule has 1 unspecified atom stereocenters. The molecule has 1 atom stereocenters. The second kappa shape index (κ2) is 7.67. The van der Waals surface area contributed by atoms with E-state index in [-0.39, 0.29) is 11.8 Å². The molecule has 2 aromatic rings. The first-order chi connectivity index (χ1) is 13.5. The van der Waals surface area contributed by atoms with Crippen LogP contribution in [-0.4, -0.2) is 82.8 Å². The van der Waals surface area contributed by atoms with Gasteiger partial charge in [0.15, 0.2) is 0 Å². The van der Waals surface area contributed by atoms with Crippen LogP contribution in [0, 0.1) is 0 Å². The minimum atomic E-state index is -0.188. The number of benzene rings is 1. The molecule has 2 saturated heterocycles. The van der Waals surface area contributed by atoms with Crippen molar-refractivity contribution < 1.29 is 9.59 Å². The molecule has 1 aromatic heterocycles. The van der Waals surface area contributed by atoms with Crippen LogP contribution in [-0.2, 0) is 0 Å². The lowest BCUT2D eigenvalue weighted by Gasteiger charge is -2.37. The van der Waals surface area contributed by atoms with Gasteiger partial charge in [-0.25, -0.2) is 4.98 Å². The Morgan fingerprint density at radius 1 is 1.07 bits per heavy atom. The summed E-state index contributed by atoms with van der Waals surface area (Å²) in [7, 11) is 3.37. The summed E-state index contributed by atoms with van der Waals surface area (Å²) < 4.78 is 0. The minimum absolute atomic E-state index is 0.0840. The molecule has 146 valence electrons. The number of nitrogens with zero attached hydrogens (tertiary/aromatic N) is 5. The molecular weight excluding hydrogens is 354 g/mol. The summed E-state index contributed by atoms with van der Waals surface area (Å²) >= 11 is 0. The van der Waals surface area contributed by atoms with Gasteiger partial charge in [0.05, 0.1) is 18.1 Å². The molecule has 2 fully saturated rings. The molecule has 3 heterocycles. The predicted octanol–water partition coefficient (Wildman–Crippen LogP) is 1.77. The van der Waals surface area contributed by atoms with E-state index in [1.54, 1.807) is 20.3 Å². The van der Waals surface area contributed by atoms with Crippen LogP contribution in [0.25, 0.3) is 11.3 Å². The first-order valence-corrected chi connectivity index (χ1v) is 9.70. The van der Waals surface area contributed by atoms with Crippen molar-refractivity contribution in [2.75, 3.05) is 40.3 Å². The van der Waals surface area contributed by atoms with Crippen LogP contribution in [0.15, 0.2) is 36.7 Å². The molecule has 4 rings (SSSR count). The lowest BCUT2D eigenvalue weighted by Crippen LogP contribution is -2.52. The maximum Gasteiger partial charge on any atom is 0.273 e. The van der Waals surface area contributed by atoms with Gasteiger partial charge in [-0.3, -0.25) is 19.5 Å². The zero-order valence-corrected chi connectivity index (χ0v) is 16.3. The molecular formula is C21H25N5O2. The van der Waals surface area contributed by atoms with Crippen LogP contribution < -0.4 is 0 Å². The highest BCUT2D eigenvalue weighted by molar-refractivity contribution is 5.95. The van der Waals surface area contributed by atoms with E-state index in [0.29, 0.717) is 23.0 Å². The first kappa shape index (κ1) is 18.6. The predicted molar refractivity (Wildman–Crippen MR) is 106 cm³/mol. The largest absolute Gasteiger partial charge is 0.343 e. The lowest BCUT2D eigenvalue weighted by atomic mass is 10.1. The molecule has 0 saturated carbocycles. The summed E-state index contributed by atoms with van der Waals surface area (Å²) in [6.07, 6.45) is 5.51. The number of rotatable bonds is 3. The van der Waals surface area contributed by atoms with Gasteiger partial charge in [0.25, 0.3) is 11.8 Å². The fourth-order valence-corrected chi connectivity index (χ4v) is 3.98. The Bertz CT molecular complexity index is 881. The smallest absolute Gasteiger partial charge is 0.273 e. The average molecular weight is 379 g/mol. The molecule has 28 heavy (non-hydrogen) atoms. The van der Waals surface area contributed by atoms with Gasteiger partial charge in [-0.05, 0) is 31.5 Å². The summed E-state index contributed by atoms with van der Waals surface area (Å²) in [5.74, 6) is -0.104. The summed E-state index contributed by atoms with van der Waals surface area (Å²) in [5.41, 5.74) is 2.44. The number of piperazine rings is 1. The van der Waals surface area contributed by atoms with Crippen molar-refractivity contribution >= 4 is 11.8 Å². The van der Waals surface area contributed by atoms with Crippen molar-refractivity contribution in [2.45, 2.75) is 18.9 Å². The number of hydrogen-bond donors (Lipinski definition) is 0. The zero-order valence-electron chi connectivity index (χ0n) is 16.3. The van der Waals surface area contributed by atoms with Crippen molar-refractivity contribution in [3.8, 4) is 11.3 Å². The molecule has 7 nitrogen and oxygen atoms in total. The summed E-state index contributed by atoms with van der Waals surface area (Å²) in [6, 6.07) is 7.92. The SMILES string of the molecule is CN(C)C(=O)c1cncc(-c2ccc(C(=O)N3CCN4CCCC4C3)cc2)n1. The molecule has 2 amide bonds. The fourth-order valence-electron chi connectivity index (χ4n) is 3.98. The minimum Gasteiger partial charge on any atom is -0.343 e. The van der Waals surface area contributed by atoms with Gasteiger partial charge in [0, 0.05) is 50.9 Å². The highest BCUT2D eigenvalue weighted by atomic mass is 16.2. The Kier molecular flexibility index (Phi) is 5.09. The van der Waals surface area contributed by atoms with Gasteiger partial charge in [-0.2, -0.15) is 0 Å². The molecule has 0 aliphatic carbocycles. The highest BCUT2D eigenvalue weighted by Gasteiger charge is 2.32. The van der Waals surface area contributed by atoms with Gasteiger partial charge in [-0.15, -0.1) is 0 Å². The van der Waals surface area contributed by atoms with Crippen LogP contribution in [0.3, 0.4) is 0 Å². The molecule has 0 radical (unpaired) electrons. The van der Waals surface area contributed by atoms with E-state index in [0.717, 1.165) is 31.7 Å². The van der Waals surface area contributed by atoms with E-state index in [4.69, 9.17) is 0 Å². The van der Waals surface area contributed by atoms with E-state index in [9.17, 15) is 9.59 Å². The number of fused-ring (bicyclic) bond motifs is 1. The number of carbonyl (C=O) groups is 2. The van der Waals surface area contributed by atoms with Crippen LogP contribution in [0.2, 0.25) is 0 Å². The zero-order chi connectivity index (χ0) is 19.7. The maximum atomic E-state index is 12.9. The number of amides is 2. The Morgan fingerprint density at radius 2 is 1.86 bits per heavy atom. The second-order valence-corrected chi connectivity index (χ2v) is 7.65. The van der Waals surface area contributed by atoms with Crippen LogP contribution in [0.1, 0.15) is 33.7 Å².